The average Bonchev–Trinajstić information content (AvgIpc) is 1.99. The van der Waals surface area contributed by atoms with Crippen molar-refractivity contribution in [2.24, 2.45) is 0 Å². The molecule has 1 heterocycles. The number of carbonyl (C=O) groups is 1. The first-order chi connectivity index (χ1) is 6.86. The Kier molecular flexibility index (Phi) is 2.83. The van der Waals surface area contributed by atoms with Crippen molar-refractivity contribution in [2.75, 3.05) is 19.1 Å². The monoisotopic (exact) mass is 210 g/mol. The van der Waals surface area contributed by atoms with Crippen molar-refractivity contribution in [3.05, 3.63) is 33.2 Å². The molecule has 0 unspecified atom stereocenters. The molecule has 0 fully saturated rings. The van der Waals surface area contributed by atoms with Gasteiger partial charge in [0.2, 0.25) is 0 Å². The summed E-state index contributed by atoms with van der Waals surface area (Å²) in [5.41, 5.74) is 0.893. The molecular weight excluding hydrogens is 196 g/mol. The van der Waals surface area contributed by atoms with Crippen molar-refractivity contribution in [3.63, 3.8) is 0 Å². The fourth-order valence-corrected chi connectivity index (χ4v) is 1.70. The maximum atomic E-state index is 11.6. The van der Waals surface area contributed by atoms with E-state index < -0.39 is 5.97 Å². The van der Waals surface area contributed by atoms with Crippen LogP contribution in [0, 0.1) is 13.8 Å². The van der Waals surface area contributed by atoms with Gasteiger partial charge in [-0.2, -0.15) is 0 Å². The largest absolute Gasteiger partial charge is 0.478 e. The molecule has 0 aliphatic heterocycles. The maximum absolute atomic E-state index is 11.6. The molecular formula is C10H14N2O3. The number of carboxylic acid groups (broad SMARTS) is 1. The second-order valence-electron chi connectivity index (χ2n) is 3.59. The Morgan fingerprint density at radius 1 is 1.40 bits per heavy atom. The number of aryl methyl sites for hydroxylation is 1. The standard InChI is InChI=1S/C10H14N2O3/c1-6-5-8(13)12(11(3)4)7(2)9(6)10(14)15/h5H,1-4H3,(H,14,15). The van der Waals surface area contributed by atoms with Gasteiger partial charge in [-0.05, 0) is 19.4 Å². The van der Waals surface area contributed by atoms with Crippen LogP contribution in [0.25, 0.3) is 0 Å². The zero-order chi connectivity index (χ0) is 11.7. The van der Waals surface area contributed by atoms with Crippen molar-refractivity contribution in [1.29, 1.82) is 0 Å². The summed E-state index contributed by atoms with van der Waals surface area (Å²) in [5.74, 6) is -1.01. The first kappa shape index (κ1) is 11.3. The number of hydrogen-bond acceptors (Lipinski definition) is 3. The second-order valence-corrected chi connectivity index (χ2v) is 3.59. The van der Waals surface area contributed by atoms with Gasteiger partial charge in [0.25, 0.3) is 5.56 Å². The molecule has 1 N–H and O–H groups in total. The van der Waals surface area contributed by atoms with Crippen LogP contribution in [0.15, 0.2) is 10.9 Å². The minimum Gasteiger partial charge on any atom is -0.478 e. The lowest BCUT2D eigenvalue weighted by Crippen LogP contribution is -2.38. The van der Waals surface area contributed by atoms with Crippen LogP contribution in [0.3, 0.4) is 0 Å². The summed E-state index contributed by atoms with van der Waals surface area (Å²) in [5, 5.41) is 10.6. The van der Waals surface area contributed by atoms with Crippen LogP contribution in [-0.2, 0) is 0 Å². The Balaban J connectivity index is 3.64. The summed E-state index contributed by atoms with van der Waals surface area (Å²) in [6, 6.07) is 1.33. The van der Waals surface area contributed by atoms with Gasteiger partial charge in [0, 0.05) is 20.2 Å². The van der Waals surface area contributed by atoms with Gasteiger partial charge >= 0.3 is 5.97 Å². The van der Waals surface area contributed by atoms with Gasteiger partial charge in [-0.3, -0.25) is 4.79 Å². The van der Waals surface area contributed by atoms with Crippen molar-refractivity contribution in [1.82, 2.24) is 4.68 Å². The van der Waals surface area contributed by atoms with Crippen molar-refractivity contribution >= 4 is 5.97 Å². The van der Waals surface area contributed by atoms with E-state index in [1.54, 1.807) is 33.0 Å². The summed E-state index contributed by atoms with van der Waals surface area (Å²) in [6.45, 7) is 3.25. The van der Waals surface area contributed by atoms with E-state index in [2.05, 4.69) is 0 Å². The first-order valence-corrected chi connectivity index (χ1v) is 4.50. The summed E-state index contributed by atoms with van der Waals surface area (Å²) in [7, 11) is 3.38. The molecule has 1 rings (SSSR count). The lowest BCUT2D eigenvalue weighted by Gasteiger charge is -2.20. The van der Waals surface area contributed by atoms with E-state index in [1.807, 2.05) is 0 Å². The smallest absolute Gasteiger partial charge is 0.337 e. The van der Waals surface area contributed by atoms with Crippen molar-refractivity contribution in [2.45, 2.75) is 13.8 Å². The summed E-state index contributed by atoms with van der Waals surface area (Å²) >= 11 is 0. The third-order valence-electron chi connectivity index (χ3n) is 2.24. The summed E-state index contributed by atoms with van der Waals surface area (Å²) in [4.78, 5) is 22.6. The average molecular weight is 210 g/mol. The number of carboxylic acids is 1. The molecule has 0 atom stereocenters. The van der Waals surface area contributed by atoms with Gasteiger partial charge in [-0.15, -0.1) is 0 Å². The molecule has 1 aromatic rings. The molecule has 1 aromatic heterocycles. The molecule has 15 heavy (non-hydrogen) atoms. The lowest BCUT2D eigenvalue weighted by atomic mass is 10.1. The van der Waals surface area contributed by atoms with Gasteiger partial charge < -0.3 is 10.1 Å². The van der Waals surface area contributed by atoms with Gasteiger partial charge in [0.05, 0.1) is 11.3 Å². The van der Waals surface area contributed by atoms with Gasteiger partial charge in [-0.25, -0.2) is 9.47 Å². The highest BCUT2D eigenvalue weighted by atomic mass is 16.4. The highest BCUT2D eigenvalue weighted by molar-refractivity contribution is 5.90. The van der Waals surface area contributed by atoms with E-state index in [0.717, 1.165) is 0 Å². The lowest BCUT2D eigenvalue weighted by molar-refractivity contribution is 0.0694. The van der Waals surface area contributed by atoms with Crippen LogP contribution in [0.5, 0.6) is 0 Å². The Labute approximate surface area is 87.5 Å². The van der Waals surface area contributed by atoms with Crippen LogP contribution < -0.4 is 10.6 Å². The normalized spacial score (nSPS) is 10.1. The fourth-order valence-electron chi connectivity index (χ4n) is 1.70. The number of pyridine rings is 1. The number of rotatable bonds is 2. The topological polar surface area (TPSA) is 62.5 Å². The quantitative estimate of drug-likeness (QED) is 0.765. The Morgan fingerprint density at radius 3 is 2.33 bits per heavy atom. The Bertz CT molecular complexity index is 460. The van der Waals surface area contributed by atoms with Crippen LogP contribution in [0.2, 0.25) is 0 Å². The molecule has 0 aliphatic carbocycles. The highest BCUT2D eigenvalue weighted by Gasteiger charge is 2.16. The SMILES string of the molecule is Cc1cc(=O)n(N(C)C)c(C)c1C(=O)O. The number of aromatic carboxylic acids is 1. The predicted octanol–water partition coefficient (Wildman–Crippen LogP) is 0.361. The predicted molar refractivity (Wildman–Crippen MR) is 57.2 cm³/mol. The minimum absolute atomic E-state index is 0.184. The molecule has 5 heteroatoms. The molecule has 82 valence electrons. The Hall–Kier alpha value is -1.78. The molecule has 0 aromatic carbocycles. The number of nitrogens with zero attached hydrogens (tertiary/aromatic N) is 2. The van der Waals surface area contributed by atoms with Crippen LogP contribution in [0.1, 0.15) is 21.6 Å². The molecule has 0 aliphatic rings. The molecule has 0 amide bonds. The van der Waals surface area contributed by atoms with Crippen molar-refractivity contribution < 1.29 is 9.90 Å². The summed E-state index contributed by atoms with van der Waals surface area (Å²) in [6.07, 6.45) is 0. The Morgan fingerprint density at radius 2 is 1.93 bits per heavy atom. The third-order valence-corrected chi connectivity index (χ3v) is 2.24. The highest BCUT2D eigenvalue weighted by Crippen LogP contribution is 2.10. The van der Waals surface area contributed by atoms with E-state index in [0.29, 0.717) is 11.3 Å². The zero-order valence-corrected chi connectivity index (χ0v) is 9.24. The van der Waals surface area contributed by atoms with Crippen molar-refractivity contribution in [3.8, 4) is 0 Å². The zero-order valence-electron chi connectivity index (χ0n) is 9.24. The van der Waals surface area contributed by atoms with Gasteiger partial charge in [0.1, 0.15) is 0 Å². The van der Waals surface area contributed by atoms with E-state index in [4.69, 9.17) is 5.11 Å². The van der Waals surface area contributed by atoms with Crippen LogP contribution >= 0.6 is 0 Å². The second kappa shape index (κ2) is 3.76. The first-order valence-electron chi connectivity index (χ1n) is 4.50. The minimum atomic E-state index is -1.01. The van der Waals surface area contributed by atoms with E-state index in [-0.39, 0.29) is 11.1 Å². The van der Waals surface area contributed by atoms with Gasteiger partial charge in [0.15, 0.2) is 0 Å². The van der Waals surface area contributed by atoms with E-state index >= 15 is 0 Å². The van der Waals surface area contributed by atoms with Gasteiger partial charge in [-0.1, -0.05) is 0 Å². The maximum Gasteiger partial charge on any atom is 0.337 e. The third kappa shape index (κ3) is 1.86. The molecule has 0 spiro atoms. The molecule has 0 bridgehead atoms. The van der Waals surface area contributed by atoms with E-state index in [9.17, 15) is 9.59 Å². The molecule has 0 saturated heterocycles. The van der Waals surface area contributed by atoms with E-state index in [1.165, 1.54) is 10.7 Å². The van der Waals surface area contributed by atoms with Crippen LogP contribution in [-0.4, -0.2) is 29.8 Å². The van der Waals surface area contributed by atoms with Crippen LogP contribution in [0.4, 0.5) is 0 Å². The number of aromatic nitrogens is 1. The molecule has 0 saturated carbocycles. The molecule has 5 nitrogen and oxygen atoms in total. The molecule has 0 radical (unpaired) electrons. The summed E-state index contributed by atoms with van der Waals surface area (Å²) < 4.78 is 1.33. The number of hydrogen-bond donors (Lipinski definition) is 1. The fraction of sp³-hybridized carbons (Fsp3) is 0.400.